The number of hydrogen-bond acceptors (Lipinski definition) is 3. The summed E-state index contributed by atoms with van der Waals surface area (Å²) < 4.78 is 18.7. The van der Waals surface area contributed by atoms with Gasteiger partial charge in [-0.15, -0.1) is 0 Å². The molecule has 0 bridgehead atoms. The van der Waals surface area contributed by atoms with E-state index in [-0.39, 0.29) is 5.82 Å². The van der Waals surface area contributed by atoms with E-state index in [1.807, 2.05) is 0 Å². The summed E-state index contributed by atoms with van der Waals surface area (Å²) in [6.45, 7) is 4.11. The van der Waals surface area contributed by atoms with E-state index >= 15 is 0 Å². The summed E-state index contributed by atoms with van der Waals surface area (Å²) in [6, 6.07) is 5.43. The monoisotopic (exact) mass is 292 g/mol. The van der Waals surface area contributed by atoms with Crippen molar-refractivity contribution in [1.82, 2.24) is 10.2 Å². The molecule has 3 nitrogen and oxygen atoms in total. The number of methoxy groups -OCH3 is 1. The smallest absolute Gasteiger partial charge is 0.123 e. The van der Waals surface area contributed by atoms with Gasteiger partial charge in [0.05, 0.1) is 7.11 Å². The molecule has 2 aliphatic rings. The quantitative estimate of drug-likeness (QED) is 0.872. The van der Waals surface area contributed by atoms with Gasteiger partial charge in [-0.1, -0.05) is 0 Å². The average Bonchev–Trinajstić information content (AvgIpc) is 3.31. The molecule has 0 spiro atoms. The second-order valence-electron chi connectivity index (χ2n) is 6.36. The molecule has 1 saturated carbocycles. The average molecular weight is 292 g/mol. The molecule has 1 aliphatic heterocycles. The van der Waals surface area contributed by atoms with Crippen molar-refractivity contribution in [3.05, 3.63) is 29.6 Å². The standard InChI is InChI=1S/C17H25FN2O/c1-21-17-5-4-15(18)10-14(17)12-20-8-6-16(7-9-20)19-11-13-2-3-13/h4-5,10,13,16,19H,2-3,6-9,11-12H2,1H3. The summed E-state index contributed by atoms with van der Waals surface area (Å²) in [5, 5.41) is 3.69. The topological polar surface area (TPSA) is 24.5 Å². The third kappa shape index (κ3) is 4.17. The zero-order valence-corrected chi connectivity index (χ0v) is 12.8. The highest BCUT2D eigenvalue weighted by Crippen LogP contribution is 2.28. The van der Waals surface area contributed by atoms with Gasteiger partial charge in [0.15, 0.2) is 0 Å². The van der Waals surface area contributed by atoms with Crippen molar-refractivity contribution in [1.29, 1.82) is 0 Å². The lowest BCUT2D eigenvalue weighted by atomic mass is 10.0. The van der Waals surface area contributed by atoms with Crippen molar-refractivity contribution in [3.63, 3.8) is 0 Å². The number of benzene rings is 1. The molecule has 1 aliphatic carbocycles. The van der Waals surface area contributed by atoms with Crippen molar-refractivity contribution >= 4 is 0 Å². The van der Waals surface area contributed by atoms with Crippen LogP contribution in [0.1, 0.15) is 31.2 Å². The first-order valence-electron chi connectivity index (χ1n) is 8.03. The van der Waals surface area contributed by atoms with E-state index < -0.39 is 0 Å². The minimum atomic E-state index is -0.188. The van der Waals surface area contributed by atoms with Crippen LogP contribution in [0.4, 0.5) is 4.39 Å². The van der Waals surface area contributed by atoms with Gasteiger partial charge < -0.3 is 10.1 Å². The largest absolute Gasteiger partial charge is 0.496 e. The maximum Gasteiger partial charge on any atom is 0.123 e. The molecule has 0 amide bonds. The lowest BCUT2D eigenvalue weighted by Gasteiger charge is -2.32. The van der Waals surface area contributed by atoms with Crippen LogP contribution in [0.15, 0.2) is 18.2 Å². The van der Waals surface area contributed by atoms with Crippen LogP contribution in [0.3, 0.4) is 0 Å². The van der Waals surface area contributed by atoms with Crippen LogP contribution < -0.4 is 10.1 Å². The van der Waals surface area contributed by atoms with Gasteiger partial charge >= 0.3 is 0 Å². The third-order valence-corrected chi connectivity index (χ3v) is 4.62. The van der Waals surface area contributed by atoms with Crippen molar-refractivity contribution in [3.8, 4) is 5.75 Å². The number of piperidine rings is 1. The lowest BCUT2D eigenvalue weighted by molar-refractivity contribution is 0.188. The molecule has 4 heteroatoms. The number of nitrogens with zero attached hydrogens (tertiary/aromatic N) is 1. The molecule has 0 radical (unpaired) electrons. The van der Waals surface area contributed by atoms with Crippen LogP contribution >= 0.6 is 0 Å². The maximum atomic E-state index is 13.4. The Bertz CT molecular complexity index is 468. The molecule has 3 rings (SSSR count). The van der Waals surface area contributed by atoms with E-state index in [0.29, 0.717) is 6.04 Å². The first kappa shape index (κ1) is 14.8. The molecule has 2 fully saturated rings. The van der Waals surface area contributed by atoms with E-state index in [2.05, 4.69) is 10.2 Å². The van der Waals surface area contributed by atoms with Gasteiger partial charge in [0.2, 0.25) is 0 Å². The molecule has 0 atom stereocenters. The SMILES string of the molecule is COc1ccc(F)cc1CN1CCC(NCC2CC2)CC1. The summed E-state index contributed by atoms with van der Waals surface area (Å²) in [6.07, 6.45) is 5.19. The van der Waals surface area contributed by atoms with E-state index in [1.165, 1.54) is 38.3 Å². The number of ether oxygens (including phenoxy) is 1. The van der Waals surface area contributed by atoms with Gasteiger partial charge in [-0.25, -0.2) is 4.39 Å². The number of nitrogens with one attached hydrogen (secondary N) is 1. The molecule has 1 aromatic rings. The first-order chi connectivity index (χ1) is 10.2. The van der Waals surface area contributed by atoms with Crippen molar-refractivity contribution in [2.24, 2.45) is 5.92 Å². The zero-order chi connectivity index (χ0) is 14.7. The van der Waals surface area contributed by atoms with Crippen LogP contribution in [-0.4, -0.2) is 37.7 Å². The fourth-order valence-electron chi connectivity index (χ4n) is 3.06. The van der Waals surface area contributed by atoms with Crippen LogP contribution in [0.2, 0.25) is 0 Å². The molecule has 1 aromatic carbocycles. The molecule has 0 aromatic heterocycles. The van der Waals surface area contributed by atoms with Crippen LogP contribution in [-0.2, 0) is 6.54 Å². The number of likely N-dealkylation sites (tertiary alicyclic amines) is 1. The Kier molecular flexibility index (Phi) is 4.76. The van der Waals surface area contributed by atoms with Gasteiger partial charge in [0.1, 0.15) is 11.6 Å². The van der Waals surface area contributed by atoms with Gasteiger partial charge in [-0.3, -0.25) is 4.90 Å². The van der Waals surface area contributed by atoms with Crippen molar-refractivity contribution in [2.45, 2.75) is 38.3 Å². The summed E-state index contributed by atoms with van der Waals surface area (Å²) in [5.74, 6) is 1.54. The molecular formula is C17H25FN2O. The molecule has 0 unspecified atom stereocenters. The number of hydrogen-bond donors (Lipinski definition) is 1. The van der Waals surface area contributed by atoms with Gasteiger partial charge in [0, 0.05) is 18.2 Å². The molecule has 116 valence electrons. The van der Waals surface area contributed by atoms with Crippen molar-refractivity contribution in [2.75, 3.05) is 26.7 Å². The first-order valence-corrected chi connectivity index (χ1v) is 8.03. The Labute approximate surface area is 126 Å². The number of rotatable bonds is 6. The molecule has 1 heterocycles. The minimum absolute atomic E-state index is 0.188. The predicted octanol–water partition coefficient (Wildman–Crippen LogP) is 2.80. The third-order valence-electron chi connectivity index (χ3n) is 4.62. The van der Waals surface area contributed by atoms with Crippen LogP contribution in [0.5, 0.6) is 5.75 Å². The predicted molar refractivity (Wildman–Crippen MR) is 82.0 cm³/mol. The van der Waals surface area contributed by atoms with E-state index in [0.717, 1.165) is 36.9 Å². The highest BCUT2D eigenvalue weighted by molar-refractivity contribution is 5.33. The van der Waals surface area contributed by atoms with Crippen LogP contribution in [0.25, 0.3) is 0 Å². The fourth-order valence-corrected chi connectivity index (χ4v) is 3.06. The molecule has 1 saturated heterocycles. The molecule has 1 N–H and O–H groups in total. The molecule has 21 heavy (non-hydrogen) atoms. The Morgan fingerprint density at radius 2 is 2.00 bits per heavy atom. The van der Waals surface area contributed by atoms with E-state index in [4.69, 9.17) is 4.74 Å². The Balaban J connectivity index is 1.49. The van der Waals surface area contributed by atoms with E-state index in [9.17, 15) is 4.39 Å². The summed E-state index contributed by atoms with van der Waals surface area (Å²) >= 11 is 0. The minimum Gasteiger partial charge on any atom is -0.496 e. The highest BCUT2D eigenvalue weighted by atomic mass is 19.1. The fraction of sp³-hybridized carbons (Fsp3) is 0.647. The normalized spacial score (nSPS) is 20.7. The Hall–Kier alpha value is -1.13. The van der Waals surface area contributed by atoms with Crippen molar-refractivity contribution < 1.29 is 9.13 Å². The van der Waals surface area contributed by atoms with Gasteiger partial charge in [-0.2, -0.15) is 0 Å². The van der Waals surface area contributed by atoms with Gasteiger partial charge in [-0.05, 0) is 69.4 Å². The Morgan fingerprint density at radius 1 is 1.24 bits per heavy atom. The summed E-state index contributed by atoms with van der Waals surface area (Å²) in [5.41, 5.74) is 0.946. The highest BCUT2D eigenvalue weighted by Gasteiger charge is 2.24. The second kappa shape index (κ2) is 6.75. The molecular weight excluding hydrogens is 267 g/mol. The lowest BCUT2D eigenvalue weighted by Crippen LogP contribution is -2.42. The maximum absolute atomic E-state index is 13.4. The summed E-state index contributed by atoms with van der Waals surface area (Å²) in [4.78, 5) is 2.40. The van der Waals surface area contributed by atoms with Crippen LogP contribution in [0, 0.1) is 11.7 Å². The Morgan fingerprint density at radius 3 is 2.67 bits per heavy atom. The van der Waals surface area contributed by atoms with Gasteiger partial charge in [0.25, 0.3) is 0 Å². The second-order valence-corrected chi connectivity index (χ2v) is 6.36. The zero-order valence-electron chi connectivity index (χ0n) is 12.8. The summed E-state index contributed by atoms with van der Waals surface area (Å²) in [7, 11) is 1.64. The number of halogens is 1. The van der Waals surface area contributed by atoms with E-state index in [1.54, 1.807) is 19.2 Å².